The van der Waals surface area contributed by atoms with Gasteiger partial charge in [-0.15, -0.1) is 0 Å². The van der Waals surface area contributed by atoms with Crippen LogP contribution in [0.4, 0.5) is 0 Å². The van der Waals surface area contributed by atoms with Crippen LogP contribution in [-0.4, -0.2) is 18.1 Å². The molecule has 0 atom stereocenters. The number of ether oxygens (including phenoxy) is 1. The molecule has 0 saturated heterocycles. The number of carbonyl (C=O) groups is 1. The van der Waals surface area contributed by atoms with Crippen molar-refractivity contribution >= 4 is 11.5 Å². The van der Waals surface area contributed by atoms with Crippen molar-refractivity contribution in [3.8, 4) is 0 Å². The topological polar surface area (TPSA) is 39.2 Å². The molecule has 0 fully saturated rings. The Morgan fingerprint density at radius 1 is 1.28 bits per heavy atom. The molecule has 0 radical (unpaired) electrons. The Bertz CT molecular complexity index is 424. The number of esters is 1. The maximum Gasteiger partial charge on any atom is 0.339 e. The van der Waals surface area contributed by atoms with Gasteiger partial charge in [-0.3, -0.25) is 4.98 Å². The number of unbranched alkanes of at least 4 members (excludes halogenated alkanes) is 1. The van der Waals surface area contributed by atoms with Gasteiger partial charge in [-0.25, -0.2) is 4.79 Å². The molecule has 3 heteroatoms. The van der Waals surface area contributed by atoms with Crippen LogP contribution in [0.1, 0.15) is 55.5 Å². The van der Waals surface area contributed by atoms with Gasteiger partial charge in [0.05, 0.1) is 12.7 Å². The predicted octanol–water partition coefficient (Wildman–Crippen LogP) is 3.85. The number of hydrogen-bond donors (Lipinski definition) is 0. The van der Waals surface area contributed by atoms with E-state index in [0.29, 0.717) is 5.56 Å². The molecule has 1 heterocycles. The molecule has 0 aliphatic carbocycles. The van der Waals surface area contributed by atoms with Crippen molar-refractivity contribution in [2.75, 3.05) is 7.11 Å². The summed E-state index contributed by atoms with van der Waals surface area (Å²) in [6, 6.07) is 1.86. The Kier molecular flexibility index (Phi) is 6.12. The van der Waals surface area contributed by atoms with E-state index in [-0.39, 0.29) is 5.97 Å². The molecule has 18 heavy (non-hydrogen) atoms. The van der Waals surface area contributed by atoms with Crippen molar-refractivity contribution in [2.45, 2.75) is 39.5 Å². The third-order valence-corrected chi connectivity index (χ3v) is 2.73. The molecule has 1 aromatic heterocycles. The highest BCUT2D eigenvalue weighted by Gasteiger charge is 2.08. The first kappa shape index (κ1) is 14.4. The maximum absolute atomic E-state index is 11.5. The number of aromatic nitrogens is 1. The molecular formula is C15H21NO2. The lowest BCUT2D eigenvalue weighted by Crippen LogP contribution is -2.02. The highest BCUT2D eigenvalue weighted by atomic mass is 16.5. The largest absolute Gasteiger partial charge is 0.465 e. The van der Waals surface area contributed by atoms with E-state index in [1.807, 2.05) is 12.3 Å². The molecule has 0 amide bonds. The summed E-state index contributed by atoms with van der Waals surface area (Å²) in [6.07, 6.45) is 9.85. The van der Waals surface area contributed by atoms with Gasteiger partial charge in [0.2, 0.25) is 0 Å². The van der Waals surface area contributed by atoms with E-state index in [9.17, 15) is 4.79 Å². The summed E-state index contributed by atoms with van der Waals surface area (Å²) in [7, 11) is 1.38. The zero-order chi connectivity index (χ0) is 13.4. The van der Waals surface area contributed by atoms with Crippen LogP contribution >= 0.6 is 0 Å². The molecule has 0 aromatic carbocycles. The molecule has 0 unspecified atom stereocenters. The number of allylic oxidation sites excluding steroid dienone is 2. The minimum atomic E-state index is -0.337. The number of methoxy groups -OCH3 is 1. The van der Waals surface area contributed by atoms with Crippen molar-refractivity contribution in [1.82, 2.24) is 4.98 Å². The van der Waals surface area contributed by atoms with Gasteiger partial charge in [-0.1, -0.05) is 32.8 Å². The quantitative estimate of drug-likeness (QED) is 0.717. The Morgan fingerprint density at radius 3 is 2.61 bits per heavy atom. The van der Waals surface area contributed by atoms with Gasteiger partial charge in [0, 0.05) is 12.4 Å². The molecule has 0 aliphatic heterocycles. The first-order chi connectivity index (χ1) is 8.72. The second-order valence-electron chi connectivity index (χ2n) is 4.22. The monoisotopic (exact) mass is 247 g/mol. The van der Waals surface area contributed by atoms with Crippen LogP contribution in [-0.2, 0) is 4.74 Å². The summed E-state index contributed by atoms with van der Waals surface area (Å²) in [5, 5.41) is 0. The molecule has 1 rings (SSSR count). The summed E-state index contributed by atoms with van der Waals surface area (Å²) >= 11 is 0. The molecule has 3 nitrogen and oxygen atoms in total. The van der Waals surface area contributed by atoms with Crippen molar-refractivity contribution in [3.05, 3.63) is 35.7 Å². The minimum absolute atomic E-state index is 0.337. The molecular weight excluding hydrogens is 226 g/mol. The SMILES string of the molecule is CCC/C=C(\CCC)c1cncc(C(=O)OC)c1. The fourth-order valence-electron chi connectivity index (χ4n) is 1.80. The summed E-state index contributed by atoms with van der Waals surface area (Å²) < 4.78 is 4.71. The van der Waals surface area contributed by atoms with Crippen molar-refractivity contribution in [2.24, 2.45) is 0 Å². The second kappa shape index (κ2) is 7.64. The number of carbonyl (C=O) groups excluding carboxylic acids is 1. The van der Waals surface area contributed by atoms with Crippen LogP contribution in [0.15, 0.2) is 24.5 Å². The standard InChI is InChI=1S/C15H21NO2/c1-4-6-8-12(7-5-2)13-9-14(11-16-10-13)15(17)18-3/h8-11H,4-7H2,1-3H3/b12-8+. The zero-order valence-electron chi connectivity index (χ0n) is 11.4. The molecule has 0 spiro atoms. The van der Waals surface area contributed by atoms with Gasteiger partial charge in [0.25, 0.3) is 0 Å². The van der Waals surface area contributed by atoms with Crippen LogP contribution in [0.2, 0.25) is 0 Å². The van der Waals surface area contributed by atoms with E-state index in [1.165, 1.54) is 12.7 Å². The van der Waals surface area contributed by atoms with E-state index in [0.717, 1.165) is 31.2 Å². The zero-order valence-corrected chi connectivity index (χ0v) is 11.4. The minimum Gasteiger partial charge on any atom is -0.465 e. The average molecular weight is 247 g/mol. The van der Waals surface area contributed by atoms with E-state index in [1.54, 1.807) is 6.20 Å². The number of rotatable bonds is 6. The molecule has 0 aliphatic rings. The molecule has 0 N–H and O–H groups in total. The van der Waals surface area contributed by atoms with Gasteiger partial charge in [-0.05, 0) is 30.0 Å². The highest BCUT2D eigenvalue weighted by Crippen LogP contribution is 2.21. The number of nitrogens with zero attached hydrogens (tertiary/aromatic N) is 1. The lowest BCUT2D eigenvalue weighted by Gasteiger charge is -2.08. The third-order valence-electron chi connectivity index (χ3n) is 2.73. The molecule has 1 aromatic rings. The van der Waals surface area contributed by atoms with Gasteiger partial charge in [0.15, 0.2) is 0 Å². The van der Waals surface area contributed by atoms with Crippen LogP contribution in [0.25, 0.3) is 5.57 Å². The first-order valence-corrected chi connectivity index (χ1v) is 6.45. The smallest absolute Gasteiger partial charge is 0.339 e. The first-order valence-electron chi connectivity index (χ1n) is 6.45. The normalized spacial score (nSPS) is 11.4. The predicted molar refractivity (Wildman–Crippen MR) is 73.4 cm³/mol. The Hall–Kier alpha value is -1.64. The van der Waals surface area contributed by atoms with Crippen LogP contribution in [0.5, 0.6) is 0 Å². The molecule has 0 saturated carbocycles. The van der Waals surface area contributed by atoms with Crippen LogP contribution < -0.4 is 0 Å². The highest BCUT2D eigenvalue weighted by molar-refractivity contribution is 5.90. The average Bonchev–Trinajstić information content (AvgIpc) is 2.42. The molecule has 0 bridgehead atoms. The maximum atomic E-state index is 11.5. The van der Waals surface area contributed by atoms with Gasteiger partial charge in [-0.2, -0.15) is 0 Å². The van der Waals surface area contributed by atoms with Gasteiger partial charge < -0.3 is 4.74 Å². The summed E-state index contributed by atoms with van der Waals surface area (Å²) in [6.45, 7) is 4.31. The van der Waals surface area contributed by atoms with E-state index in [4.69, 9.17) is 4.74 Å². The summed E-state index contributed by atoms with van der Waals surface area (Å²) in [5.41, 5.74) is 2.79. The third kappa shape index (κ3) is 3.99. The number of pyridine rings is 1. The Morgan fingerprint density at radius 2 is 2.00 bits per heavy atom. The summed E-state index contributed by atoms with van der Waals surface area (Å²) in [4.78, 5) is 15.6. The summed E-state index contributed by atoms with van der Waals surface area (Å²) in [5.74, 6) is -0.337. The second-order valence-corrected chi connectivity index (χ2v) is 4.22. The van der Waals surface area contributed by atoms with E-state index < -0.39 is 0 Å². The fraction of sp³-hybridized carbons (Fsp3) is 0.467. The van der Waals surface area contributed by atoms with Crippen molar-refractivity contribution in [1.29, 1.82) is 0 Å². The number of hydrogen-bond acceptors (Lipinski definition) is 3. The fourth-order valence-corrected chi connectivity index (χ4v) is 1.80. The lowest BCUT2D eigenvalue weighted by atomic mass is 10.0. The van der Waals surface area contributed by atoms with E-state index in [2.05, 4.69) is 24.9 Å². The van der Waals surface area contributed by atoms with Gasteiger partial charge in [0.1, 0.15) is 0 Å². The van der Waals surface area contributed by atoms with E-state index >= 15 is 0 Å². The Labute approximate surface area is 109 Å². The lowest BCUT2D eigenvalue weighted by molar-refractivity contribution is 0.0600. The molecule has 98 valence electrons. The Balaban J connectivity index is 3.01. The van der Waals surface area contributed by atoms with Crippen molar-refractivity contribution < 1.29 is 9.53 Å². The van der Waals surface area contributed by atoms with Crippen LogP contribution in [0, 0.1) is 0 Å². The van der Waals surface area contributed by atoms with Crippen LogP contribution in [0.3, 0.4) is 0 Å². The van der Waals surface area contributed by atoms with Crippen molar-refractivity contribution in [3.63, 3.8) is 0 Å². The van der Waals surface area contributed by atoms with Gasteiger partial charge >= 0.3 is 5.97 Å².